The molecule has 0 fully saturated rings. The third-order valence-electron chi connectivity index (χ3n) is 3.94. The molecular weight excluding hydrogens is 337 g/mol. The van der Waals surface area contributed by atoms with Crippen molar-refractivity contribution < 1.29 is 14.3 Å². The Hall–Kier alpha value is -3.48. The molecule has 0 saturated heterocycles. The molecular formula is C19H16FN3O3. The third-order valence-corrected chi connectivity index (χ3v) is 3.94. The maximum atomic E-state index is 14.4. The minimum absolute atomic E-state index is 0.0156. The van der Waals surface area contributed by atoms with E-state index in [1.165, 1.54) is 12.3 Å². The number of rotatable bonds is 5. The first-order valence-electron chi connectivity index (χ1n) is 7.95. The normalized spacial score (nSPS) is 11.2. The largest absolute Gasteiger partial charge is 0.477 e. The Kier molecular flexibility index (Phi) is 4.79. The number of nitrogens with one attached hydrogen (secondary N) is 1. The molecule has 3 rings (SSSR count). The molecule has 0 bridgehead atoms. The second-order valence-electron chi connectivity index (χ2n) is 5.59. The molecule has 2 aromatic carbocycles. The SMILES string of the molecule is CCn1cc(C(=O)O)c(=O)c2cc(F)c(N/N=C\c3ccccc3)cc21. The highest BCUT2D eigenvalue weighted by atomic mass is 19.1. The second-order valence-corrected chi connectivity index (χ2v) is 5.59. The fourth-order valence-corrected chi connectivity index (χ4v) is 2.63. The quantitative estimate of drug-likeness (QED) is 0.544. The van der Waals surface area contributed by atoms with Crippen molar-refractivity contribution in [1.82, 2.24) is 4.57 Å². The van der Waals surface area contributed by atoms with Gasteiger partial charge in [0.15, 0.2) is 0 Å². The Balaban J connectivity index is 2.04. The molecule has 0 spiro atoms. The monoisotopic (exact) mass is 353 g/mol. The summed E-state index contributed by atoms with van der Waals surface area (Å²) in [6, 6.07) is 11.8. The predicted molar refractivity (Wildman–Crippen MR) is 98.5 cm³/mol. The second kappa shape index (κ2) is 7.18. The number of aryl methyl sites for hydroxylation is 1. The lowest BCUT2D eigenvalue weighted by Gasteiger charge is -2.12. The number of fused-ring (bicyclic) bond motifs is 1. The Morgan fingerprint density at radius 2 is 2.04 bits per heavy atom. The minimum Gasteiger partial charge on any atom is -0.477 e. The summed E-state index contributed by atoms with van der Waals surface area (Å²) in [5.41, 5.74) is 2.89. The standard InChI is InChI=1S/C19H16FN3O3/c1-2-23-11-14(19(25)26)18(24)13-8-15(20)16(9-17(13)23)22-21-10-12-6-4-3-5-7-12/h3-11,22H,2H2,1H3,(H,25,26)/b21-10-. The summed E-state index contributed by atoms with van der Waals surface area (Å²) in [5, 5.41) is 13.2. The lowest BCUT2D eigenvalue weighted by molar-refractivity contribution is 0.0695. The number of carbonyl (C=O) groups is 1. The molecule has 0 unspecified atom stereocenters. The maximum absolute atomic E-state index is 14.4. The molecule has 1 heterocycles. The number of aromatic nitrogens is 1. The zero-order chi connectivity index (χ0) is 18.7. The minimum atomic E-state index is -1.34. The van der Waals surface area contributed by atoms with Crippen LogP contribution in [0.15, 0.2) is 58.6 Å². The zero-order valence-corrected chi connectivity index (χ0v) is 13.9. The fraction of sp³-hybridized carbons (Fsp3) is 0.105. The summed E-state index contributed by atoms with van der Waals surface area (Å²) in [6.07, 6.45) is 2.81. The molecule has 0 aliphatic heterocycles. The van der Waals surface area contributed by atoms with Crippen LogP contribution in [0.4, 0.5) is 10.1 Å². The van der Waals surface area contributed by atoms with E-state index in [0.29, 0.717) is 12.1 Å². The van der Waals surface area contributed by atoms with Crippen molar-refractivity contribution in [2.45, 2.75) is 13.5 Å². The molecule has 132 valence electrons. The van der Waals surface area contributed by atoms with E-state index in [0.717, 1.165) is 11.6 Å². The lowest BCUT2D eigenvalue weighted by Crippen LogP contribution is -2.19. The van der Waals surface area contributed by atoms with Gasteiger partial charge in [-0.1, -0.05) is 30.3 Å². The highest BCUT2D eigenvalue weighted by Gasteiger charge is 2.16. The van der Waals surface area contributed by atoms with Crippen molar-refractivity contribution in [3.63, 3.8) is 0 Å². The van der Waals surface area contributed by atoms with Crippen LogP contribution in [-0.4, -0.2) is 21.9 Å². The molecule has 0 aliphatic carbocycles. The van der Waals surface area contributed by atoms with E-state index >= 15 is 0 Å². The summed E-state index contributed by atoms with van der Waals surface area (Å²) >= 11 is 0. The van der Waals surface area contributed by atoms with Crippen LogP contribution in [0, 0.1) is 5.82 Å². The van der Waals surface area contributed by atoms with Gasteiger partial charge in [0.2, 0.25) is 5.43 Å². The average Bonchev–Trinajstić information content (AvgIpc) is 2.64. The van der Waals surface area contributed by atoms with Gasteiger partial charge in [-0.05, 0) is 24.6 Å². The molecule has 6 nitrogen and oxygen atoms in total. The van der Waals surface area contributed by atoms with Gasteiger partial charge in [-0.15, -0.1) is 0 Å². The highest BCUT2D eigenvalue weighted by molar-refractivity contribution is 5.93. The van der Waals surface area contributed by atoms with E-state index in [9.17, 15) is 14.0 Å². The molecule has 1 aromatic heterocycles. The number of carboxylic acids is 1. The Bertz CT molecular complexity index is 1060. The molecule has 0 atom stereocenters. The van der Waals surface area contributed by atoms with Gasteiger partial charge in [-0.2, -0.15) is 5.10 Å². The molecule has 0 amide bonds. The van der Waals surface area contributed by atoms with Crippen LogP contribution in [0.1, 0.15) is 22.8 Å². The molecule has 7 heteroatoms. The van der Waals surface area contributed by atoms with E-state index in [1.807, 2.05) is 30.3 Å². The first-order valence-corrected chi connectivity index (χ1v) is 7.95. The Morgan fingerprint density at radius 1 is 1.31 bits per heavy atom. The molecule has 2 N–H and O–H groups in total. The number of carboxylic acid groups (broad SMARTS) is 1. The number of pyridine rings is 1. The maximum Gasteiger partial charge on any atom is 0.341 e. The summed E-state index contributed by atoms with van der Waals surface area (Å²) in [6.45, 7) is 2.23. The number of nitrogens with zero attached hydrogens (tertiary/aromatic N) is 2. The number of hydrazone groups is 1. The molecule has 26 heavy (non-hydrogen) atoms. The fourth-order valence-electron chi connectivity index (χ4n) is 2.63. The lowest BCUT2D eigenvalue weighted by atomic mass is 10.1. The Morgan fingerprint density at radius 3 is 2.69 bits per heavy atom. The van der Waals surface area contributed by atoms with Crippen LogP contribution in [-0.2, 0) is 6.54 Å². The Labute approximate surface area is 148 Å². The van der Waals surface area contributed by atoms with Crippen molar-refractivity contribution >= 4 is 28.8 Å². The smallest absolute Gasteiger partial charge is 0.341 e. The van der Waals surface area contributed by atoms with Crippen LogP contribution in [0.3, 0.4) is 0 Å². The number of anilines is 1. The van der Waals surface area contributed by atoms with Crippen molar-refractivity contribution in [3.05, 3.63) is 75.8 Å². The number of benzene rings is 2. The third kappa shape index (κ3) is 3.32. The van der Waals surface area contributed by atoms with Crippen molar-refractivity contribution in [1.29, 1.82) is 0 Å². The van der Waals surface area contributed by atoms with E-state index in [4.69, 9.17) is 5.11 Å². The molecule has 0 aliphatic rings. The number of hydrogen-bond acceptors (Lipinski definition) is 4. The van der Waals surface area contributed by atoms with Gasteiger partial charge in [0.1, 0.15) is 11.4 Å². The van der Waals surface area contributed by atoms with Crippen LogP contribution in [0.2, 0.25) is 0 Å². The molecule has 0 saturated carbocycles. The van der Waals surface area contributed by atoms with Crippen LogP contribution in [0.5, 0.6) is 0 Å². The summed E-state index contributed by atoms with van der Waals surface area (Å²) < 4.78 is 16.0. The average molecular weight is 353 g/mol. The number of halogens is 1. The van der Waals surface area contributed by atoms with Crippen LogP contribution in [0.25, 0.3) is 10.9 Å². The highest BCUT2D eigenvalue weighted by Crippen LogP contribution is 2.22. The molecule has 0 radical (unpaired) electrons. The van der Waals surface area contributed by atoms with Gasteiger partial charge in [0.25, 0.3) is 0 Å². The van der Waals surface area contributed by atoms with Gasteiger partial charge >= 0.3 is 5.97 Å². The van der Waals surface area contributed by atoms with E-state index < -0.39 is 17.2 Å². The predicted octanol–water partition coefficient (Wildman–Crippen LogP) is 3.30. The van der Waals surface area contributed by atoms with Gasteiger partial charge in [-0.25, -0.2) is 9.18 Å². The van der Waals surface area contributed by atoms with Crippen molar-refractivity contribution in [2.24, 2.45) is 5.10 Å². The first kappa shape index (κ1) is 17.3. The topological polar surface area (TPSA) is 83.7 Å². The number of hydrogen-bond donors (Lipinski definition) is 2. The van der Waals surface area contributed by atoms with E-state index in [1.54, 1.807) is 17.7 Å². The van der Waals surface area contributed by atoms with Crippen molar-refractivity contribution in [3.8, 4) is 0 Å². The van der Waals surface area contributed by atoms with Gasteiger partial charge in [0.05, 0.1) is 17.4 Å². The molecule has 3 aromatic rings. The van der Waals surface area contributed by atoms with E-state index in [-0.39, 0.29) is 16.6 Å². The first-order chi connectivity index (χ1) is 12.5. The van der Waals surface area contributed by atoms with Gasteiger partial charge in [-0.3, -0.25) is 10.2 Å². The zero-order valence-electron chi connectivity index (χ0n) is 13.9. The summed E-state index contributed by atoms with van der Waals surface area (Å²) in [5.74, 6) is -2.03. The van der Waals surface area contributed by atoms with E-state index in [2.05, 4.69) is 10.5 Å². The van der Waals surface area contributed by atoms with Crippen molar-refractivity contribution in [2.75, 3.05) is 5.43 Å². The van der Waals surface area contributed by atoms with Crippen LogP contribution < -0.4 is 10.9 Å². The summed E-state index contributed by atoms with van der Waals surface area (Å²) in [4.78, 5) is 23.5. The van der Waals surface area contributed by atoms with Crippen LogP contribution >= 0.6 is 0 Å². The summed E-state index contributed by atoms with van der Waals surface area (Å²) in [7, 11) is 0. The number of aromatic carboxylic acids is 1. The van der Waals surface area contributed by atoms with Gasteiger partial charge in [0, 0.05) is 18.1 Å². The van der Waals surface area contributed by atoms with Gasteiger partial charge < -0.3 is 9.67 Å².